The van der Waals surface area contributed by atoms with Crippen molar-refractivity contribution in [2.24, 2.45) is 5.92 Å². The monoisotopic (exact) mass is 482 g/mol. The number of amides is 2. The van der Waals surface area contributed by atoms with Gasteiger partial charge in [-0.3, -0.25) is 14.5 Å². The van der Waals surface area contributed by atoms with Crippen molar-refractivity contribution in [3.05, 3.63) is 95.6 Å². The number of carbonyl (C=O) groups is 2. The molecule has 36 heavy (non-hydrogen) atoms. The van der Waals surface area contributed by atoms with Gasteiger partial charge in [-0.15, -0.1) is 0 Å². The van der Waals surface area contributed by atoms with Gasteiger partial charge in [-0.05, 0) is 42.3 Å². The van der Waals surface area contributed by atoms with Crippen LogP contribution in [0.3, 0.4) is 0 Å². The van der Waals surface area contributed by atoms with Crippen LogP contribution in [0.25, 0.3) is 0 Å². The molecule has 1 unspecified atom stereocenters. The van der Waals surface area contributed by atoms with Crippen molar-refractivity contribution in [2.75, 3.05) is 42.9 Å². The van der Waals surface area contributed by atoms with Gasteiger partial charge in [-0.25, -0.2) is 0 Å². The Hall–Kier alpha value is -3.64. The van der Waals surface area contributed by atoms with E-state index in [0.717, 1.165) is 44.0 Å². The van der Waals surface area contributed by atoms with Crippen LogP contribution in [0.1, 0.15) is 23.1 Å². The minimum atomic E-state index is -0.319. The summed E-state index contributed by atoms with van der Waals surface area (Å²) < 4.78 is 0. The highest BCUT2D eigenvalue weighted by atomic mass is 16.2. The maximum atomic E-state index is 12.9. The van der Waals surface area contributed by atoms with Crippen LogP contribution in [0, 0.1) is 12.8 Å². The quantitative estimate of drug-likeness (QED) is 0.546. The highest BCUT2D eigenvalue weighted by molar-refractivity contribution is 5.97. The lowest BCUT2D eigenvalue weighted by Gasteiger charge is -2.36. The molecule has 0 bridgehead atoms. The van der Waals surface area contributed by atoms with E-state index in [9.17, 15) is 9.59 Å². The molecule has 3 aromatic rings. The number of anilines is 2. The Morgan fingerprint density at radius 2 is 1.50 bits per heavy atom. The van der Waals surface area contributed by atoms with Crippen molar-refractivity contribution in [1.82, 2.24) is 9.80 Å². The molecule has 0 aliphatic carbocycles. The Balaban J connectivity index is 1.10. The Kier molecular flexibility index (Phi) is 7.33. The number of rotatable bonds is 7. The van der Waals surface area contributed by atoms with Crippen molar-refractivity contribution < 1.29 is 9.59 Å². The number of carbonyl (C=O) groups excluding carboxylic acids is 2. The van der Waals surface area contributed by atoms with Gasteiger partial charge in [0.2, 0.25) is 11.8 Å². The van der Waals surface area contributed by atoms with Crippen LogP contribution in [0.4, 0.5) is 11.4 Å². The summed E-state index contributed by atoms with van der Waals surface area (Å²) in [6, 6.07) is 26.9. The smallest absolute Gasteiger partial charge is 0.229 e. The Morgan fingerprint density at radius 1 is 0.833 bits per heavy atom. The molecular weight excluding hydrogens is 448 g/mol. The van der Waals surface area contributed by atoms with E-state index in [2.05, 4.69) is 57.6 Å². The predicted octanol–water partition coefficient (Wildman–Crippen LogP) is 4.30. The first-order valence-corrected chi connectivity index (χ1v) is 12.8. The summed E-state index contributed by atoms with van der Waals surface area (Å²) in [5, 5.41) is 3.02. The number of hydrogen-bond donors (Lipinski definition) is 1. The molecule has 0 aromatic heterocycles. The average Bonchev–Trinajstić information content (AvgIpc) is 3.27. The number of benzene rings is 3. The minimum Gasteiger partial charge on any atom is -0.369 e. The van der Waals surface area contributed by atoms with Gasteiger partial charge >= 0.3 is 0 Å². The van der Waals surface area contributed by atoms with Crippen LogP contribution in [0.15, 0.2) is 78.9 Å². The molecule has 2 aliphatic rings. The van der Waals surface area contributed by atoms with Crippen molar-refractivity contribution in [1.29, 1.82) is 0 Å². The Morgan fingerprint density at radius 3 is 2.19 bits per heavy atom. The number of hydrogen-bond acceptors (Lipinski definition) is 4. The van der Waals surface area contributed by atoms with Crippen LogP contribution in [0.2, 0.25) is 0 Å². The number of nitrogens with one attached hydrogen (secondary N) is 1. The van der Waals surface area contributed by atoms with E-state index in [1.165, 1.54) is 16.8 Å². The fourth-order valence-electron chi connectivity index (χ4n) is 5.02. The molecule has 2 heterocycles. The summed E-state index contributed by atoms with van der Waals surface area (Å²) >= 11 is 0. The Labute approximate surface area is 213 Å². The summed E-state index contributed by atoms with van der Waals surface area (Å²) in [6.07, 6.45) is 0.267. The molecule has 0 radical (unpaired) electrons. The standard InChI is InChI=1S/C30H34N4O2/c1-23-7-9-25(10-8-23)21-34-22-26(19-29(34)35)30(36)31-27-11-13-28(14-12-27)33-17-15-32(16-18-33)20-24-5-3-2-4-6-24/h2-14,26H,15-22H2,1H3,(H,31,36). The molecule has 6 nitrogen and oxygen atoms in total. The van der Waals surface area contributed by atoms with Crippen LogP contribution < -0.4 is 10.2 Å². The van der Waals surface area contributed by atoms with E-state index in [0.29, 0.717) is 13.1 Å². The van der Waals surface area contributed by atoms with Crippen molar-refractivity contribution in [2.45, 2.75) is 26.4 Å². The SMILES string of the molecule is Cc1ccc(CN2CC(C(=O)Nc3ccc(N4CCN(Cc5ccccc5)CC4)cc3)CC2=O)cc1. The summed E-state index contributed by atoms with van der Waals surface area (Å²) in [7, 11) is 0. The maximum Gasteiger partial charge on any atom is 0.229 e. The van der Waals surface area contributed by atoms with E-state index < -0.39 is 0 Å². The van der Waals surface area contributed by atoms with Crippen molar-refractivity contribution >= 4 is 23.2 Å². The zero-order valence-electron chi connectivity index (χ0n) is 20.9. The zero-order chi connectivity index (χ0) is 24.9. The number of nitrogens with zero attached hydrogens (tertiary/aromatic N) is 3. The van der Waals surface area contributed by atoms with Gasteiger partial charge in [0.15, 0.2) is 0 Å². The third-order valence-electron chi connectivity index (χ3n) is 7.20. The number of aryl methyl sites for hydroxylation is 1. The molecule has 186 valence electrons. The average molecular weight is 483 g/mol. The van der Waals surface area contributed by atoms with Gasteiger partial charge in [-0.1, -0.05) is 60.2 Å². The van der Waals surface area contributed by atoms with Crippen LogP contribution in [-0.4, -0.2) is 54.3 Å². The molecule has 2 aliphatic heterocycles. The van der Waals surface area contributed by atoms with Crippen molar-refractivity contribution in [3.63, 3.8) is 0 Å². The van der Waals surface area contributed by atoms with E-state index >= 15 is 0 Å². The molecule has 5 rings (SSSR count). The molecule has 3 aromatic carbocycles. The van der Waals surface area contributed by atoms with E-state index in [1.807, 2.05) is 43.3 Å². The third-order valence-corrected chi connectivity index (χ3v) is 7.20. The second-order valence-corrected chi connectivity index (χ2v) is 9.95. The zero-order valence-corrected chi connectivity index (χ0v) is 20.9. The van der Waals surface area contributed by atoms with Crippen LogP contribution in [-0.2, 0) is 22.7 Å². The lowest BCUT2D eigenvalue weighted by Crippen LogP contribution is -2.45. The second kappa shape index (κ2) is 11.0. The molecule has 2 amide bonds. The van der Waals surface area contributed by atoms with Crippen LogP contribution in [0.5, 0.6) is 0 Å². The van der Waals surface area contributed by atoms with E-state index in [-0.39, 0.29) is 24.2 Å². The minimum absolute atomic E-state index is 0.0393. The fourth-order valence-corrected chi connectivity index (χ4v) is 5.02. The van der Waals surface area contributed by atoms with Crippen LogP contribution >= 0.6 is 0 Å². The number of likely N-dealkylation sites (tertiary alicyclic amines) is 1. The van der Waals surface area contributed by atoms with Gasteiger partial charge in [0, 0.05) is 63.6 Å². The normalized spacial score (nSPS) is 18.5. The summed E-state index contributed by atoms with van der Waals surface area (Å²) in [5.41, 5.74) is 5.59. The Bertz CT molecular complexity index is 1170. The first-order valence-electron chi connectivity index (χ1n) is 12.8. The fraction of sp³-hybridized carbons (Fsp3) is 0.333. The topological polar surface area (TPSA) is 55.9 Å². The molecule has 0 spiro atoms. The third kappa shape index (κ3) is 5.94. The maximum absolute atomic E-state index is 12.9. The molecular formula is C30H34N4O2. The number of piperazine rings is 1. The molecule has 1 N–H and O–H groups in total. The van der Waals surface area contributed by atoms with Crippen molar-refractivity contribution in [3.8, 4) is 0 Å². The molecule has 2 saturated heterocycles. The highest BCUT2D eigenvalue weighted by Gasteiger charge is 2.34. The summed E-state index contributed by atoms with van der Waals surface area (Å²) in [4.78, 5) is 32.0. The molecule has 6 heteroatoms. The summed E-state index contributed by atoms with van der Waals surface area (Å²) in [5.74, 6) is -0.366. The predicted molar refractivity (Wildman–Crippen MR) is 144 cm³/mol. The lowest BCUT2D eigenvalue weighted by molar-refractivity contribution is -0.128. The first kappa shape index (κ1) is 24.1. The lowest BCUT2D eigenvalue weighted by atomic mass is 10.1. The largest absolute Gasteiger partial charge is 0.369 e. The van der Waals surface area contributed by atoms with Gasteiger partial charge in [0.25, 0.3) is 0 Å². The first-order chi connectivity index (χ1) is 17.5. The second-order valence-electron chi connectivity index (χ2n) is 9.95. The molecule has 0 saturated carbocycles. The van der Waals surface area contributed by atoms with Gasteiger partial charge in [-0.2, -0.15) is 0 Å². The van der Waals surface area contributed by atoms with Gasteiger partial charge in [0.1, 0.15) is 0 Å². The van der Waals surface area contributed by atoms with E-state index in [4.69, 9.17) is 0 Å². The van der Waals surface area contributed by atoms with Gasteiger partial charge < -0.3 is 15.1 Å². The molecule has 1 atom stereocenters. The van der Waals surface area contributed by atoms with E-state index in [1.54, 1.807) is 4.90 Å². The van der Waals surface area contributed by atoms with Gasteiger partial charge in [0.05, 0.1) is 5.92 Å². The summed E-state index contributed by atoms with van der Waals surface area (Å²) in [6.45, 7) is 8.08. The molecule has 2 fully saturated rings. The highest BCUT2D eigenvalue weighted by Crippen LogP contribution is 2.24.